The highest BCUT2D eigenvalue weighted by molar-refractivity contribution is 5.71. The average molecular weight is 829 g/mol. The molecule has 0 spiro atoms. The zero-order chi connectivity index (χ0) is 43.0. The van der Waals surface area contributed by atoms with Crippen LogP contribution in [-0.2, 0) is 28.6 Å². The Balaban J connectivity index is 4.21. The number of rotatable bonds is 46. The Bertz CT molecular complexity index is 1000. The molecule has 0 aromatic carbocycles. The minimum Gasteiger partial charge on any atom is -0.462 e. The van der Waals surface area contributed by atoms with Crippen LogP contribution >= 0.6 is 0 Å². The summed E-state index contributed by atoms with van der Waals surface area (Å²) in [4.78, 5) is 37.8. The maximum absolute atomic E-state index is 12.7. The second kappa shape index (κ2) is 48.3. The third kappa shape index (κ3) is 46.5. The first-order valence-electron chi connectivity index (χ1n) is 25.5. The van der Waals surface area contributed by atoms with Gasteiger partial charge in [0.1, 0.15) is 13.2 Å². The molecule has 0 amide bonds. The molecule has 59 heavy (non-hydrogen) atoms. The standard InChI is InChI=1S/C53H96O6/c1-4-7-10-13-16-19-22-23-24-25-26-27-28-29-30-31-32-35-37-40-43-46-52(55)58-49-50(59-53(56)47-44-41-38-34-21-18-15-12-9-6-3)48-57-51(54)45-42-39-36-33-20-17-14-11-8-5-2/h11-12,14-15,25-26,50H,4-10,13,16-24,27-49H2,1-3H3/b14-11-,15-12-,26-25-. The lowest BCUT2D eigenvalue weighted by Crippen LogP contribution is -2.30. The van der Waals surface area contributed by atoms with Crippen molar-refractivity contribution in [1.29, 1.82) is 0 Å². The van der Waals surface area contributed by atoms with E-state index in [4.69, 9.17) is 14.2 Å². The Hall–Kier alpha value is -2.37. The highest BCUT2D eigenvalue weighted by Gasteiger charge is 2.19. The highest BCUT2D eigenvalue weighted by atomic mass is 16.6. The van der Waals surface area contributed by atoms with E-state index in [1.165, 1.54) is 135 Å². The van der Waals surface area contributed by atoms with E-state index in [0.29, 0.717) is 19.3 Å². The zero-order valence-electron chi connectivity index (χ0n) is 39.3. The number of carbonyl (C=O) groups is 3. The van der Waals surface area contributed by atoms with Crippen LogP contribution in [0.3, 0.4) is 0 Å². The fraction of sp³-hybridized carbons (Fsp3) is 0.830. The van der Waals surface area contributed by atoms with Crippen molar-refractivity contribution in [2.24, 2.45) is 0 Å². The Kier molecular flexibility index (Phi) is 46.4. The molecule has 0 saturated heterocycles. The van der Waals surface area contributed by atoms with Crippen molar-refractivity contribution in [3.63, 3.8) is 0 Å². The van der Waals surface area contributed by atoms with Crippen molar-refractivity contribution in [2.75, 3.05) is 13.2 Å². The summed E-state index contributed by atoms with van der Waals surface area (Å²) in [5.74, 6) is -0.897. The van der Waals surface area contributed by atoms with Crippen molar-refractivity contribution >= 4 is 17.9 Å². The van der Waals surface area contributed by atoms with E-state index in [1.807, 2.05) is 0 Å². The third-order valence-corrected chi connectivity index (χ3v) is 11.0. The molecule has 0 radical (unpaired) electrons. The fourth-order valence-electron chi connectivity index (χ4n) is 7.21. The van der Waals surface area contributed by atoms with Gasteiger partial charge in [-0.2, -0.15) is 0 Å². The monoisotopic (exact) mass is 829 g/mol. The molecule has 0 aliphatic carbocycles. The average Bonchev–Trinajstić information content (AvgIpc) is 3.23. The van der Waals surface area contributed by atoms with Gasteiger partial charge in [0.2, 0.25) is 0 Å². The van der Waals surface area contributed by atoms with Gasteiger partial charge >= 0.3 is 17.9 Å². The van der Waals surface area contributed by atoms with Crippen molar-refractivity contribution < 1.29 is 28.6 Å². The Morgan fingerprint density at radius 2 is 0.593 bits per heavy atom. The smallest absolute Gasteiger partial charge is 0.306 e. The summed E-state index contributed by atoms with van der Waals surface area (Å²) in [7, 11) is 0. The fourth-order valence-corrected chi connectivity index (χ4v) is 7.21. The van der Waals surface area contributed by atoms with Crippen LogP contribution in [0.2, 0.25) is 0 Å². The predicted octanol–water partition coefficient (Wildman–Crippen LogP) is 16.5. The van der Waals surface area contributed by atoms with Crippen molar-refractivity contribution in [3.8, 4) is 0 Å². The van der Waals surface area contributed by atoms with E-state index in [-0.39, 0.29) is 31.1 Å². The van der Waals surface area contributed by atoms with E-state index in [1.54, 1.807) is 0 Å². The Morgan fingerprint density at radius 1 is 0.322 bits per heavy atom. The molecule has 0 aromatic heterocycles. The minimum atomic E-state index is -0.776. The van der Waals surface area contributed by atoms with Gasteiger partial charge in [0.15, 0.2) is 6.10 Å². The van der Waals surface area contributed by atoms with Gasteiger partial charge < -0.3 is 14.2 Å². The van der Waals surface area contributed by atoms with Crippen LogP contribution in [-0.4, -0.2) is 37.2 Å². The summed E-state index contributed by atoms with van der Waals surface area (Å²) in [6, 6.07) is 0. The molecule has 0 bridgehead atoms. The lowest BCUT2D eigenvalue weighted by molar-refractivity contribution is -0.167. The van der Waals surface area contributed by atoms with Crippen LogP contribution in [0.25, 0.3) is 0 Å². The van der Waals surface area contributed by atoms with Crippen molar-refractivity contribution in [2.45, 2.75) is 271 Å². The summed E-state index contributed by atoms with van der Waals surface area (Å²) < 4.78 is 16.7. The highest BCUT2D eigenvalue weighted by Crippen LogP contribution is 2.15. The van der Waals surface area contributed by atoms with E-state index in [9.17, 15) is 14.4 Å². The van der Waals surface area contributed by atoms with Crippen molar-refractivity contribution in [3.05, 3.63) is 36.5 Å². The molecule has 0 saturated carbocycles. The molecule has 0 aromatic rings. The maximum Gasteiger partial charge on any atom is 0.306 e. The van der Waals surface area contributed by atoms with Crippen LogP contribution in [0.1, 0.15) is 265 Å². The molecular weight excluding hydrogens is 733 g/mol. The van der Waals surface area contributed by atoms with E-state index < -0.39 is 6.10 Å². The topological polar surface area (TPSA) is 78.9 Å². The van der Waals surface area contributed by atoms with Gasteiger partial charge in [-0.3, -0.25) is 14.4 Å². The van der Waals surface area contributed by atoms with Gasteiger partial charge in [-0.15, -0.1) is 0 Å². The molecule has 0 heterocycles. The Morgan fingerprint density at radius 3 is 0.915 bits per heavy atom. The maximum atomic E-state index is 12.7. The second-order valence-corrected chi connectivity index (χ2v) is 17.1. The number of hydrogen-bond acceptors (Lipinski definition) is 6. The number of ether oxygens (including phenoxy) is 3. The second-order valence-electron chi connectivity index (χ2n) is 17.1. The minimum absolute atomic E-state index is 0.0782. The summed E-state index contributed by atoms with van der Waals surface area (Å²) in [5, 5.41) is 0. The lowest BCUT2D eigenvalue weighted by atomic mass is 10.1. The van der Waals surface area contributed by atoms with Crippen LogP contribution in [0, 0.1) is 0 Å². The van der Waals surface area contributed by atoms with Gasteiger partial charge in [0.05, 0.1) is 0 Å². The summed E-state index contributed by atoms with van der Waals surface area (Å²) >= 11 is 0. The molecule has 0 aliphatic heterocycles. The predicted molar refractivity (Wildman–Crippen MR) is 252 cm³/mol. The molecule has 0 N–H and O–H groups in total. The first-order chi connectivity index (χ1) is 29.0. The van der Waals surface area contributed by atoms with E-state index in [0.717, 1.165) is 89.9 Å². The zero-order valence-corrected chi connectivity index (χ0v) is 39.3. The molecule has 0 fully saturated rings. The number of allylic oxidation sites excluding steroid dienone is 6. The molecule has 1 atom stereocenters. The van der Waals surface area contributed by atoms with Crippen LogP contribution in [0.4, 0.5) is 0 Å². The first kappa shape index (κ1) is 56.6. The normalized spacial score (nSPS) is 12.3. The molecule has 0 rings (SSSR count). The molecule has 6 heteroatoms. The molecule has 6 nitrogen and oxygen atoms in total. The van der Waals surface area contributed by atoms with E-state index in [2.05, 4.69) is 57.2 Å². The lowest BCUT2D eigenvalue weighted by Gasteiger charge is -2.18. The number of esters is 3. The largest absolute Gasteiger partial charge is 0.462 e. The summed E-state index contributed by atoms with van der Waals surface area (Å²) in [6.07, 6.45) is 55.7. The molecule has 344 valence electrons. The van der Waals surface area contributed by atoms with E-state index >= 15 is 0 Å². The van der Waals surface area contributed by atoms with Crippen LogP contribution in [0.15, 0.2) is 36.5 Å². The molecule has 1 unspecified atom stereocenters. The molecule has 0 aliphatic rings. The number of hydrogen-bond donors (Lipinski definition) is 0. The van der Waals surface area contributed by atoms with Gasteiger partial charge in [-0.1, -0.05) is 198 Å². The third-order valence-electron chi connectivity index (χ3n) is 11.0. The summed E-state index contributed by atoms with van der Waals surface area (Å²) in [5.41, 5.74) is 0. The van der Waals surface area contributed by atoms with Gasteiger partial charge in [-0.25, -0.2) is 0 Å². The first-order valence-corrected chi connectivity index (χ1v) is 25.5. The van der Waals surface area contributed by atoms with Crippen LogP contribution in [0.5, 0.6) is 0 Å². The van der Waals surface area contributed by atoms with Crippen molar-refractivity contribution in [1.82, 2.24) is 0 Å². The van der Waals surface area contributed by atoms with Crippen LogP contribution < -0.4 is 0 Å². The quantitative estimate of drug-likeness (QED) is 0.0263. The molecular formula is C53H96O6. The summed E-state index contributed by atoms with van der Waals surface area (Å²) in [6.45, 7) is 6.51. The van der Waals surface area contributed by atoms with Gasteiger partial charge in [-0.05, 0) is 83.5 Å². The number of carbonyl (C=O) groups excluding carboxylic acids is 3. The SMILES string of the molecule is CCC/C=C\CCCCCCCC(=O)OCC(COC(=O)CCCCCCCCCCC/C=C\CCCCCCCCCC)OC(=O)CCCCCCC/C=C\CCC. The van der Waals surface area contributed by atoms with Gasteiger partial charge in [0, 0.05) is 19.3 Å². The number of unbranched alkanes of at least 4 members (excludes halogenated alkanes) is 29. The Labute approximate surface area is 365 Å². The van der Waals surface area contributed by atoms with Gasteiger partial charge in [0.25, 0.3) is 0 Å².